The average Bonchev–Trinajstić information content (AvgIpc) is 2.72. The van der Waals surface area contributed by atoms with Crippen molar-refractivity contribution in [1.82, 2.24) is 0 Å². The van der Waals surface area contributed by atoms with E-state index in [4.69, 9.17) is 28.8 Å². The quantitative estimate of drug-likeness (QED) is 0.246. The summed E-state index contributed by atoms with van der Waals surface area (Å²) in [5, 5.41) is 8.54. The second-order valence-corrected chi connectivity index (χ2v) is 7.05. The van der Waals surface area contributed by atoms with Gasteiger partial charge in [-0.2, -0.15) is 0 Å². The van der Waals surface area contributed by atoms with Crippen LogP contribution in [0.3, 0.4) is 0 Å². The van der Waals surface area contributed by atoms with Gasteiger partial charge in [0.25, 0.3) is 0 Å². The molecule has 1 unspecified atom stereocenters. The van der Waals surface area contributed by atoms with Crippen LogP contribution in [0.25, 0.3) is 0 Å². The molecular weight excluding hydrogens is 360 g/mol. The fourth-order valence-corrected chi connectivity index (χ4v) is 2.91. The van der Waals surface area contributed by atoms with Gasteiger partial charge in [0, 0.05) is 6.61 Å². The largest absolute Gasteiger partial charge is 0.394 e. The zero-order chi connectivity index (χ0) is 20.5. The molecule has 0 aliphatic rings. The summed E-state index contributed by atoms with van der Waals surface area (Å²) in [6, 6.07) is 0. The van der Waals surface area contributed by atoms with Gasteiger partial charge < -0.3 is 28.8 Å². The Morgan fingerprint density at radius 1 is 0.536 bits per heavy atom. The Balaban J connectivity index is 3.10. The van der Waals surface area contributed by atoms with Gasteiger partial charge in [-0.15, -0.1) is 0 Å². The van der Waals surface area contributed by atoms with Crippen molar-refractivity contribution in [2.45, 2.75) is 65.2 Å². The number of aliphatic hydroxyl groups excluding tert-OH is 1. The van der Waals surface area contributed by atoms with E-state index >= 15 is 0 Å². The molecule has 0 aromatic carbocycles. The standard InChI is InChI=1S/C22H46O6/c1-3-5-9-22(4-2)10-7-6-8-12-24-14-16-26-18-20-28-21-19-27-17-15-25-13-11-23/h22-23H,3-21H2,1-2H3. The minimum Gasteiger partial charge on any atom is -0.394 e. The summed E-state index contributed by atoms with van der Waals surface area (Å²) in [4.78, 5) is 0. The second kappa shape index (κ2) is 24.8. The van der Waals surface area contributed by atoms with E-state index in [-0.39, 0.29) is 6.61 Å². The number of rotatable bonds is 24. The van der Waals surface area contributed by atoms with E-state index in [0.29, 0.717) is 59.5 Å². The van der Waals surface area contributed by atoms with Gasteiger partial charge in [-0.05, 0) is 12.3 Å². The van der Waals surface area contributed by atoms with Gasteiger partial charge in [0.1, 0.15) is 0 Å². The summed E-state index contributed by atoms with van der Waals surface area (Å²) in [6.07, 6.45) is 10.5. The van der Waals surface area contributed by atoms with Crippen LogP contribution in [0.5, 0.6) is 0 Å². The average molecular weight is 407 g/mol. The highest BCUT2D eigenvalue weighted by Gasteiger charge is 2.05. The highest BCUT2D eigenvalue weighted by molar-refractivity contribution is 4.58. The normalized spacial score (nSPS) is 12.5. The molecule has 0 fully saturated rings. The minimum atomic E-state index is 0.0484. The molecule has 0 bridgehead atoms. The van der Waals surface area contributed by atoms with E-state index in [1.807, 2.05) is 0 Å². The molecule has 6 heteroatoms. The molecule has 0 aliphatic heterocycles. The fourth-order valence-electron chi connectivity index (χ4n) is 2.91. The van der Waals surface area contributed by atoms with Gasteiger partial charge in [-0.1, -0.05) is 58.8 Å². The van der Waals surface area contributed by atoms with Gasteiger partial charge in [-0.25, -0.2) is 0 Å². The van der Waals surface area contributed by atoms with E-state index in [9.17, 15) is 0 Å². The lowest BCUT2D eigenvalue weighted by Crippen LogP contribution is -2.13. The van der Waals surface area contributed by atoms with Gasteiger partial charge >= 0.3 is 0 Å². The van der Waals surface area contributed by atoms with E-state index in [1.165, 1.54) is 44.9 Å². The van der Waals surface area contributed by atoms with Crippen molar-refractivity contribution < 1.29 is 28.8 Å². The van der Waals surface area contributed by atoms with E-state index in [1.54, 1.807) is 0 Å². The van der Waals surface area contributed by atoms with Crippen LogP contribution in [0.15, 0.2) is 0 Å². The van der Waals surface area contributed by atoms with Crippen LogP contribution < -0.4 is 0 Å². The lowest BCUT2D eigenvalue weighted by molar-refractivity contribution is -0.0134. The Hall–Kier alpha value is -0.240. The first kappa shape index (κ1) is 27.8. The highest BCUT2D eigenvalue weighted by Crippen LogP contribution is 2.19. The third kappa shape index (κ3) is 22.1. The molecule has 6 nitrogen and oxygen atoms in total. The number of hydrogen-bond donors (Lipinski definition) is 1. The van der Waals surface area contributed by atoms with Crippen LogP contribution in [0.4, 0.5) is 0 Å². The Bertz CT molecular complexity index is 278. The molecule has 170 valence electrons. The van der Waals surface area contributed by atoms with Crippen molar-refractivity contribution in [3.05, 3.63) is 0 Å². The van der Waals surface area contributed by atoms with Crippen LogP contribution >= 0.6 is 0 Å². The SMILES string of the molecule is CCCCC(CC)CCCCCOCCOCCOCCOCCOCCO. The number of ether oxygens (including phenoxy) is 5. The lowest BCUT2D eigenvalue weighted by Gasteiger charge is -2.13. The first-order chi connectivity index (χ1) is 13.8. The predicted molar refractivity (Wildman–Crippen MR) is 113 cm³/mol. The van der Waals surface area contributed by atoms with Crippen LogP contribution in [-0.2, 0) is 23.7 Å². The summed E-state index contributed by atoms with van der Waals surface area (Å²) in [5.74, 6) is 0.925. The maximum atomic E-state index is 8.54. The topological polar surface area (TPSA) is 66.4 Å². The summed E-state index contributed by atoms with van der Waals surface area (Å²) < 4.78 is 26.9. The second-order valence-electron chi connectivity index (χ2n) is 7.05. The maximum Gasteiger partial charge on any atom is 0.0701 e. The van der Waals surface area contributed by atoms with Crippen LogP contribution in [-0.4, -0.2) is 77.8 Å². The highest BCUT2D eigenvalue weighted by atomic mass is 16.6. The summed E-state index contributed by atoms with van der Waals surface area (Å²) in [7, 11) is 0. The molecule has 0 amide bonds. The number of unbranched alkanes of at least 4 members (excludes halogenated alkanes) is 3. The van der Waals surface area contributed by atoms with Crippen molar-refractivity contribution in [2.24, 2.45) is 5.92 Å². The van der Waals surface area contributed by atoms with Crippen molar-refractivity contribution in [3.63, 3.8) is 0 Å². The van der Waals surface area contributed by atoms with E-state index in [0.717, 1.165) is 18.9 Å². The Morgan fingerprint density at radius 2 is 1.00 bits per heavy atom. The van der Waals surface area contributed by atoms with Crippen molar-refractivity contribution in [2.75, 3.05) is 72.7 Å². The third-order valence-electron chi connectivity index (χ3n) is 4.67. The Labute approximate surface area is 173 Å². The molecule has 1 atom stereocenters. The van der Waals surface area contributed by atoms with Crippen LogP contribution in [0.1, 0.15) is 65.2 Å². The minimum absolute atomic E-state index is 0.0484. The number of aliphatic hydroxyl groups is 1. The molecule has 1 N–H and O–H groups in total. The molecule has 0 aromatic heterocycles. The summed E-state index contributed by atoms with van der Waals surface area (Å²) in [6.45, 7) is 10.4. The van der Waals surface area contributed by atoms with Crippen molar-refractivity contribution in [3.8, 4) is 0 Å². The van der Waals surface area contributed by atoms with Crippen molar-refractivity contribution >= 4 is 0 Å². The van der Waals surface area contributed by atoms with Gasteiger partial charge in [0.2, 0.25) is 0 Å². The molecule has 0 heterocycles. The van der Waals surface area contributed by atoms with Gasteiger partial charge in [-0.3, -0.25) is 0 Å². The lowest BCUT2D eigenvalue weighted by atomic mass is 9.93. The Morgan fingerprint density at radius 3 is 1.46 bits per heavy atom. The zero-order valence-electron chi connectivity index (χ0n) is 18.5. The molecule has 28 heavy (non-hydrogen) atoms. The van der Waals surface area contributed by atoms with Gasteiger partial charge in [0.05, 0.1) is 66.1 Å². The smallest absolute Gasteiger partial charge is 0.0701 e. The molecule has 0 spiro atoms. The predicted octanol–water partition coefficient (Wildman–Crippen LogP) is 3.84. The van der Waals surface area contributed by atoms with E-state index in [2.05, 4.69) is 13.8 Å². The molecule has 0 rings (SSSR count). The van der Waals surface area contributed by atoms with Gasteiger partial charge in [0.15, 0.2) is 0 Å². The molecule has 0 aromatic rings. The van der Waals surface area contributed by atoms with Crippen LogP contribution in [0, 0.1) is 5.92 Å². The van der Waals surface area contributed by atoms with Crippen LogP contribution in [0.2, 0.25) is 0 Å². The molecular formula is C22H46O6. The molecule has 0 saturated heterocycles. The summed E-state index contributed by atoms with van der Waals surface area (Å²) >= 11 is 0. The first-order valence-electron chi connectivity index (χ1n) is 11.3. The zero-order valence-corrected chi connectivity index (χ0v) is 18.5. The Kier molecular flexibility index (Phi) is 24.6. The number of hydrogen-bond acceptors (Lipinski definition) is 6. The third-order valence-corrected chi connectivity index (χ3v) is 4.67. The monoisotopic (exact) mass is 406 g/mol. The maximum absolute atomic E-state index is 8.54. The molecule has 0 saturated carbocycles. The first-order valence-corrected chi connectivity index (χ1v) is 11.3. The van der Waals surface area contributed by atoms with E-state index < -0.39 is 0 Å². The fraction of sp³-hybridized carbons (Fsp3) is 1.00. The molecule has 0 radical (unpaired) electrons. The molecule has 0 aliphatic carbocycles. The summed E-state index contributed by atoms with van der Waals surface area (Å²) in [5.41, 5.74) is 0. The van der Waals surface area contributed by atoms with Crippen molar-refractivity contribution in [1.29, 1.82) is 0 Å².